The monoisotopic (exact) mass is 286 g/mol. The van der Waals surface area contributed by atoms with Gasteiger partial charge in [-0.1, -0.05) is 30.3 Å². The van der Waals surface area contributed by atoms with Gasteiger partial charge in [-0.15, -0.1) is 0 Å². The Morgan fingerprint density at radius 1 is 1.10 bits per heavy atom. The second-order valence-corrected chi connectivity index (χ2v) is 6.16. The van der Waals surface area contributed by atoms with Gasteiger partial charge in [0.25, 0.3) is 0 Å². The maximum Gasteiger partial charge on any atom is 0.163 e. The maximum absolute atomic E-state index is 12.3. The van der Waals surface area contributed by atoms with Crippen molar-refractivity contribution in [2.75, 3.05) is 6.54 Å². The number of hydrazine groups is 1. The SMILES string of the molecule is O=C(CCC(=O)C1CCC2NNCC2C1)c1ccccc1. The van der Waals surface area contributed by atoms with Crippen LogP contribution in [-0.2, 0) is 4.79 Å². The quantitative estimate of drug-likeness (QED) is 0.814. The molecule has 1 aromatic carbocycles. The van der Waals surface area contributed by atoms with Crippen LogP contribution in [0.2, 0.25) is 0 Å². The van der Waals surface area contributed by atoms with Gasteiger partial charge >= 0.3 is 0 Å². The second-order valence-electron chi connectivity index (χ2n) is 6.16. The summed E-state index contributed by atoms with van der Waals surface area (Å²) in [5.74, 6) is 1.06. The van der Waals surface area contributed by atoms with Crippen LogP contribution in [0.4, 0.5) is 0 Å². The summed E-state index contributed by atoms with van der Waals surface area (Å²) in [6.45, 7) is 0.956. The normalized spacial score (nSPS) is 28.1. The van der Waals surface area contributed by atoms with Gasteiger partial charge in [0.05, 0.1) is 0 Å². The number of benzene rings is 1. The molecule has 1 aliphatic heterocycles. The Bertz CT molecular complexity index is 515. The molecule has 112 valence electrons. The largest absolute Gasteiger partial charge is 0.299 e. The Labute approximate surface area is 125 Å². The van der Waals surface area contributed by atoms with Crippen molar-refractivity contribution in [3.05, 3.63) is 35.9 Å². The van der Waals surface area contributed by atoms with Crippen molar-refractivity contribution >= 4 is 11.6 Å². The van der Waals surface area contributed by atoms with Gasteiger partial charge < -0.3 is 0 Å². The minimum absolute atomic E-state index is 0.0711. The summed E-state index contributed by atoms with van der Waals surface area (Å²) in [6.07, 6.45) is 3.69. The fraction of sp³-hybridized carbons (Fsp3) is 0.529. The Balaban J connectivity index is 1.49. The molecule has 1 heterocycles. The Kier molecular flexibility index (Phi) is 4.46. The molecule has 1 saturated heterocycles. The van der Waals surface area contributed by atoms with Crippen LogP contribution in [0.3, 0.4) is 0 Å². The van der Waals surface area contributed by atoms with E-state index in [1.165, 1.54) is 0 Å². The number of carbonyl (C=O) groups is 2. The summed E-state index contributed by atoms with van der Waals surface area (Å²) in [5, 5.41) is 0. The van der Waals surface area contributed by atoms with Gasteiger partial charge in [-0.05, 0) is 25.2 Å². The fourth-order valence-corrected chi connectivity index (χ4v) is 3.50. The van der Waals surface area contributed by atoms with Gasteiger partial charge in [0, 0.05) is 36.9 Å². The summed E-state index contributed by atoms with van der Waals surface area (Å²) in [7, 11) is 0. The molecule has 2 fully saturated rings. The van der Waals surface area contributed by atoms with Gasteiger partial charge in [0.15, 0.2) is 5.78 Å². The molecule has 4 heteroatoms. The third-order valence-electron chi connectivity index (χ3n) is 4.78. The van der Waals surface area contributed by atoms with Gasteiger partial charge in [0.1, 0.15) is 5.78 Å². The molecule has 0 radical (unpaired) electrons. The lowest BCUT2D eigenvalue weighted by molar-refractivity contribution is -0.124. The van der Waals surface area contributed by atoms with Crippen molar-refractivity contribution < 1.29 is 9.59 Å². The highest BCUT2D eigenvalue weighted by atomic mass is 16.1. The molecule has 2 N–H and O–H groups in total. The predicted octanol–water partition coefficient (Wildman–Crippen LogP) is 2.11. The standard InChI is InChI=1S/C17H22N2O2/c20-16(12-4-2-1-3-5-12)8-9-17(21)13-6-7-15-14(10-13)11-18-19-15/h1-5,13-15,18-19H,6-11H2. The molecule has 21 heavy (non-hydrogen) atoms. The Hall–Kier alpha value is -1.52. The summed E-state index contributed by atoms with van der Waals surface area (Å²) in [5.41, 5.74) is 7.16. The number of hydrogen-bond acceptors (Lipinski definition) is 4. The van der Waals surface area contributed by atoms with Crippen molar-refractivity contribution in [1.82, 2.24) is 10.9 Å². The van der Waals surface area contributed by atoms with E-state index >= 15 is 0 Å². The number of fused-ring (bicyclic) bond motifs is 1. The molecule has 1 aliphatic carbocycles. The molecular weight excluding hydrogens is 264 g/mol. The molecule has 3 unspecified atom stereocenters. The fourth-order valence-electron chi connectivity index (χ4n) is 3.50. The molecule has 1 saturated carbocycles. The summed E-state index contributed by atoms with van der Waals surface area (Å²) >= 11 is 0. The van der Waals surface area contributed by atoms with Gasteiger partial charge in [-0.3, -0.25) is 20.4 Å². The number of hydrogen-bond donors (Lipinski definition) is 2. The van der Waals surface area contributed by atoms with Crippen molar-refractivity contribution in [2.45, 2.75) is 38.1 Å². The number of carbonyl (C=O) groups excluding carboxylic acids is 2. The first-order valence-corrected chi connectivity index (χ1v) is 7.83. The van der Waals surface area contributed by atoms with E-state index in [0.717, 1.165) is 25.8 Å². The lowest BCUT2D eigenvalue weighted by atomic mass is 9.76. The van der Waals surface area contributed by atoms with Crippen LogP contribution < -0.4 is 10.9 Å². The lowest BCUT2D eigenvalue weighted by Crippen LogP contribution is -2.37. The highest BCUT2D eigenvalue weighted by Gasteiger charge is 2.36. The smallest absolute Gasteiger partial charge is 0.163 e. The van der Waals surface area contributed by atoms with Crippen molar-refractivity contribution in [2.24, 2.45) is 11.8 Å². The van der Waals surface area contributed by atoms with Crippen LogP contribution in [-0.4, -0.2) is 24.2 Å². The summed E-state index contributed by atoms with van der Waals surface area (Å²) < 4.78 is 0. The van der Waals surface area contributed by atoms with E-state index in [4.69, 9.17) is 0 Å². The molecule has 1 aromatic rings. The molecule has 0 amide bonds. The van der Waals surface area contributed by atoms with E-state index in [2.05, 4.69) is 10.9 Å². The van der Waals surface area contributed by atoms with Crippen LogP contribution in [0.1, 0.15) is 42.5 Å². The first-order valence-electron chi connectivity index (χ1n) is 7.83. The third kappa shape index (κ3) is 3.39. The Morgan fingerprint density at radius 2 is 1.90 bits per heavy atom. The molecular formula is C17H22N2O2. The van der Waals surface area contributed by atoms with E-state index in [1.54, 1.807) is 0 Å². The number of ketones is 2. The molecule has 0 bridgehead atoms. The second kappa shape index (κ2) is 6.50. The van der Waals surface area contributed by atoms with E-state index in [-0.39, 0.29) is 17.5 Å². The average Bonchev–Trinajstić information content (AvgIpc) is 3.00. The van der Waals surface area contributed by atoms with Gasteiger partial charge in [-0.2, -0.15) is 0 Å². The summed E-state index contributed by atoms with van der Waals surface area (Å²) in [4.78, 5) is 24.4. The zero-order valence-corrected chi connectivity index (χ0v) is 12.2. The van der Waals surface area contributed by atoms with Gasteiger partial charge in [-0.25, -0.2) is 0 Å². The number of rotatable bonds is 5. The molecule has 0 aromatic heterocycles. The van der Waals surface area contributed by atoms with Crippen LogP contribution in [0.5, 0.6) is 0 Å². The van der Waals surface area contributed by atoms with Gasteiger partial charge in [0.2, 0.25) is 0 Å². The molecule has 0 spiro atoms. The maximum atomic E-state index is 12.3. The Morgan fingerprint density at radius 3 is 2.71 bits per heavy atom. The first-order chi connectivity index (χ1) is 10.2. The van der Waals surface area contributed by atoms with E-state index in [1.807, 2.05) is 30.3 Å². The predicted molar refractivity (Wildman–Crippen MR) is 80.8 cm³/mol. The molecule has 3 rings (SSSR count). The van der Waals surface area contributed by atoms with Crippen molar-refractivity contribution in [1.29, 1.82) is 0 Å². The van der Waals surface area contributed by atoms with E-state index < -0.39 is 0 Å². The van der Waals surface area contributed by atoms with Crippen LogP contribution in [0.15, 0.2) is 30.3 Å². The lowest BCUT2D eigenvalue weighted by Gasteiger charge is -2.29. The van der Waals surface area contributed by atoms with Crippen LogP contribution >= 0.6 is 0 Å². The highest BCUT2D eigenvalue weighted by molar-refractivity contribution is 5.98. The first kappa shape index (κ1) is 14.4. The van der Waals surface area contributed by atoms with E-state index in [9.17, 15) is 9.59 Å². The molecule has 2 aliphatic rings. The average molecular weight is 286 g/mol. The minimum Gasteiger partial charge on any atom is -0.299 e. The van der Waals surface area contributed by atoms with E-state index in [0.29, 0.717) is 30.4 Å². The topological polar surface area (TPSA) is 58.2 Å². The van der Waals surface area contributed by atoms with Crippen molar-refractivity contribution in [3.63, 3.8) is 0 Å². The zero-order chi connectivity index (χ0) is 14.7. The van der Waals surface area contributed by atoms with Crippen LogP contribution in [0.25, 0.3) is 0 Å². The third-order valence-corrected chi connectivity index (χ3v) is 4.78. The number of Topliss-reactive ketones (excluding diaryl/α,β-unsaturated/α-hetero) is 2. The molecule has 3 atom stereocenters. The van der Waals surface area contributed by atoms with Crippen LogP contribution in [0, 0.1) is 11.8 Å². The zero-order valence-electron chi connectivity index (χ0n) is 12.2. The summed E-state index contributed by atoms with van der Waals surface area (Å²) in [6, 6.07) is 9.76. The number of nitrogens with one attached hydrogen (secondary N) is 2. The van der Waals surface area contributed by atoms with Crippen molar-refractivity contribution in [3.8, 4) is 0 Å². The minimum atomic E-state index is 0.0711. The molecule has 4 nitrogen and oxygen atoms in total. The highest BCUT2D eigenvalue weighted by Crippen LogP contribution is 2.32.